The Labute approximate surface area is 163 Å². The first-order chi connectivity index (χ1) is 13.3. The zero-order valence-electron chi connectivity index (χ0n) is 15.5. The van der Waals surface area contributed by atoms with Crippen LogP contribution in [0.4, 0.5) is 0 Å². The van der Waals surface area contributed by atoms with Crippen molar-refractivity contribution in [3.63, 3.8) is 0 Å². The molecule has 0 saturated carbocycles. The molecule has 0 radical (unpaired) electrons. The molecule has 5 nitrogen and oxygen atoms in total. The summed E-state index contributed by atoms with van der Waals surface area (Å²) >= 11 is 1.57. The molecular formula is C21H23N3O2S. The Kier molecular flexibility index (Phi) is 6.96. The van der Waals surface area contributed by atoms with Crippen LogP contribution in [0.5, 0.6) is 5.75 Å². The second-order valence-corrected chi connectivity index (χ2v) is 6.54. The van der Waals surface area contributed by atoms with Gasteiger partial charge in [-0.2, -0.15) is 5.10 Å². The fourth-order valence-corrected chi connectivity index (χ4v) is 3.36. The van der Waals surface area contributed by atoms with Crippen molar-refractivity contribution in [2.75, 3.05) is 26.9 Å². The van der Waals surface area contributed by atoms with Crippen LogP contribution in [-0.2, 0) is 4.74 Å². The van der Waals surface area contributed by atoms with Gasteiger partial charge in [0, 0.05) is 18.1 Å². The molecule has 0 fully saturated rings. The highest BCUT2D eigenvalue weighted by atomic mass is 32.1. The third kappa shape index (κ3) is 5.15. The number of rotatable bonds is 8. The van der Waals surface area contributed by atoms with Crippen LogP contribution in [-0.4, -0.2) is 37.8 Å². The molecule has 140 valence electrons. The minimum absolute atomic E-state index is 0.584. The molecule has 0 N–H and O–H groups in total. The van der Waals surface area contributed by atoms with Crippen LogP contribution in [0.3, 0.4) is 0 Å². The second kappa shape index (κ2) is 9.85. The molecule has 0 spiro atoms. The van der Waals surface area contributed by atoms with Gasteiger partial charge >= 0.3 is 0 Å². The van der Waals surface area contributed by atoms with Crippen LogP contribution < -0.4 is 9.54 Å². The van der Waals surface area contributed by atoms with Crippen LogP contribution in [0.25, 0.3) is 11.3 Å². The average Bonchev–Trinajstić information content (AvgIpc) is 3.11. The number of aromatic nitrogens is 1. The zero-order valence-corrected chi connectivity index (χ0v) is 16.4. The van der Waals surface area contributed by atoms with Gasteiger partial charge in [0.2, 0.25) is 4.80 Å². The van der Waals surface area contributed by atoms with E-state index >= 15 is 0 Å². The Morgan fingerprint density at radius 1 is 1.07 bits per heavy atom. The summed E-state index contributed by atoms with van der Waals surface area (Å²) in [6, 6.07) is 18.1. The monoisotopic (exact) mass is 381 g/mol. The maximum absolute atomic E-state index is 5.49. The molecule has 0 saturated heterocycles. The summed E-state index contributed by atoms with van der Waals surface area (Å²) in [5, 5.41) is 6.77. The first-order valence-electron chi connectivity index (χ1n) is 8.84. The zero-order chi connectivity index (χ0) is 18.9. The molecule has 2 aromatic carbocycles. The van der Waals surface area contributed by atoms with Crippen molar-refractivity contribution in [3.05, 3.63) is 70.3 Å². The maximum atomic E-state index is 5.49. The normalized spacial score (nSPS) is 12.0. The minimum Gasteiger partial charge on any atom is -0.494 e. The van der Waals surface area contributed by atoms with Gasteiger partial charge in [-0.25, -0.2) is 4.68 Å². The first-order valence-corrected chi connectivity index (χ1v) is 9.72. The topological polar surface area (TPSA) is 48.1 Å². The highest BCUT2D eigenvalue weighted by molar-refractivity contribution is 7.07. The quantitative estimate of drug-likeness (QED) is 0.437. The number of ether oxygens (including phenoxy) is 2. The smallest absolute Gasteiger partial charge is 0.206 e. The number of hydrogen-bond acceptors (Lipinski definition) is 5. The lowest BCUT2D eigenvalue weighted by Gasteiger charge is -2.04. The van der Waals surface area contributed by atoms with E-state index in [2.05, 4.69) is 22.5 Å². The van der Waals surface area contributed by atoms with Crippen LogP contribution in [0.1, 0.15) is 12.5 Å². The van der Waals surface area contributed by atoms with E-state index in [0.29, 0.717) is 19.8 Å². The summed E-state index contributed by atoms with van der Waals surface area (Å²) in [5.74, 6) is 0.859. The fourth-order valence-electron chi connectivity index (χ4n) is 2.50. The number of thiazole rings is 1. The van der Waals surface area contributed by atoms with E-state index in [4.69, 9.17) is 14.6 Å². The Balaban J connectivity index is 1.93. The Morgan fingerprint density at radius 2 is 1.85 bits per heavy atom. The largest absolute Gasteiger partial charge is 0.494 e. The van der Waals surface area contributed by atoms with Gasteiger partial charge in [-0.15, -0.1) is 11.3 Å². The van der Waals surface area contributed by atoms with E-state index in [1.54, 1.807) is 18.4 Å². The van der Waals surface area contributed by atoms with Crippen molar-refractivity contribution in [1.82, 2.24) is 4.68 Å². The molecule has 27 heavy (non-hydrogen) atoms. The van der Waals surface area contributed by atoms with E-state index in [1.165, 1.54) is 0 Å². The fraction of sp³-hybridized carbons (Fsp3) is 0.238. The minimum atomic E-state index is 0.584. The third-order valence-electron chi connectivity index (χ3n) is 3.81. The van der Waals surface area contributed by atoms with Crippen molar-refractivity contribution in [2.45, 2.75) is 6.92 Å². The lowest BCUT2D eigenvalue weighted by Crippen LogP contribution is -2.13. The molecule has 1 aromatic heterocycles. The van der Waals surface area contributed by atoms with Gasteiger partial charge in [0.25, 0.3) is 0 Å². The number of hydrogen-bond donors (Lipinski definition) is 0. The van der Waals surface area contributed by atoms with E-state index < -0.39 is 0 Å². The molecule has 1 heterocycles. The van der Waals surface area contributed by atoms with Crippen LogP contribution >= 0.6 is 11.3 Å². The van der Waals surface area contributed by atoms with Gasteiger partial charge in [-0.1, -0.05) is 30.3 Å². The predicted octanol–water partition coefficient (Wildman–Crippen LogP) is 4.04. The first kappa shape index (κ1) is 19.1. The third-order valence-corrected chi connectivity index (χ3v) is 4.66. The number of methoxy groups -OCH3 is 1. The highest BCUT2D eigenvalue weighted by Gasteiger charge is 2.06. The molecule has 3 aromatic rings. The SMILES string of the molecule is CCOc1ccc(/C=N\n2c(-c3ccccc3)csc2=NCCOC)cc1. The van der Waals surface area contributed by atoms with Gasteiger partial charge in [-0.3, -0.25) is 4.99 Å². The van der Waals surface area contributed by atoms with Crippen molar-refractivity contribution < 1.29 is 9.47 Å². The highest BCUT2D eigenvalue weighted by Crippen LogP contribution is 2.19. The van der Waals surface area contributed by atoms with Gasteiger partial charge in [0.15, 0.2) is 0 Å². The molecule has 6 heteroatoms. The van der Waals surface area contributed by atoms with Crippen molar-refractivity contribution >= 4 is 17.6 Å². The average molecular weight is 382 g/mol. The van der Waals surface area contributed by atoms with Crippen LogP contribution in [0.15, 0.2) is 70.1 Å². The van der Waals surface area contributed by atoms with E-state index in [9.17, 15) is 0 Å². The summed E-state index contributed by atoms with van der Waals surface area (Å²) in [7, 11) is 1.68. The summed E-state index contributed by atoms with van der Waals surface area (Å²) in [6.07, 6.45) is 1.84. The van der Waals surface area contributed by atoms with E-state index in [1.807, 2.05) is 60.3 Å². The number of benzene rings is 2. The summed E-state index contributed by atoms with van der Waals surface area (Å²) in [6.45, 7) is 3.82. The number of nitrogens with zero attached hydrogens (tertiary/aromatic N) is 3. The van der Waals surface area contributed by atoms with Gasteiger partial charge < -0.3 is 9.47 Å². The summed E-state index contributed by atoms with van der Waals surface area (Å²) < 4.78 is 12.5. The molecule has 0 amide bonds. The molecule has 0 aliphatic heterocycles. The van der Waals surface area contributed by atoms with Crippen LogP contribution in [0, 0.1) is 0 Å². The molecular weight excluding hydrogens is 358 g/mol. The van der Waals surface area contributed by atoms with E-state index in [0.717, 1.165) is 27.4 Å². The standard InChI is InChI=1S/C21H23N3O2S/c1-3-26-19-11-9-17(10-12-19)15-23-24-20(18-7-5-4-6-8-18)16-27-21(24)22-13-14-25-2/h4-12,15-16H,3,13-14H2,1-2H3/b22-21?,23-15-. The lowest BCUT2D eigenvalue weighted by molar-refractivity contribution is 0.207. The Hall–Kier alpha value is -2.70. The van der Waals surface area contributed by atoms with Crippen molar-refractivity contribution in [3.8, 4) is 17.0 Å². The summed E-state index contributed by atoms with van der Waals surface area (Å²) in [4.78, 5) is 5.46. The lowest BCUT2D eigenvalue weighted by atomic mass is 10.2. The molecule has 3 rings (SSSR count). The molecule has 0 unspecified atom stereocenters. The Bertz CT molecular complexity index is 928. The second-order valence-electron chi connectivity index (χ2n) is 5.70. The molecule has 0 bridgehead atoms. The Morgan fingerprint density at radius 3 is 2.56 bits per heavy atom. The van der Waals surface area contributed by atoms with Crippen LogP contribution in [0.2, 0.25) is 0 Å². The summed E-state index contributed by atoms with van der Waals surface area (Å²) in [5.41, 5.74) is 3.11. The molecule has 0 atom stereocenters. The molecule has 0 aliphatic rings. The van der Waals surface area contributed by atoms with Gasteiger partial charge in [-0.05, 0) is 36.8 Å². The van der Waals surface area contributed by atoms with Crippen molar-refractivity contribution in [2.24, 2.45) is 10.1 Å². The van der Waals surface area contributed by atoms with E-state index in [-0.39, 0.29) is 0 Å². The van der Waals surface area contributed by atoms with Gasteiger partial charge in [0.05, 0.1) is 31.7 Å². The molecule has 0 aliphatic carbocycles. The van der Waals surface area contributed by atoms with Gasteiger partial charge in [0.1, 0.15) is 5.75 Å². The predicted molar refractivity (Wildman–Crippen MR) is 111 cm³/mol. The van der Waals surface area contributed by atoms with Crippen molar-refractivity contribution in [1.29, 1.82) is 0 Å². The maximum Gasteiger partial charge on any atom is 0.206 e.